The molecule has 0 unspecified atom stereocenters. The quantitative estimate of drug-likeness (QED) is 0.358. The fourth-order valence-corrected chi connectivity index (χ4v) is 4.39. The van der Waals surface area contributed by atoms with E-state index < -0.39 is 21.9 Å². The minimum Gasteiger partial charge on any atom is -0.497 e. The highest BCUT2D eigenvalue weighted by Gasteiger charge is 2.18. The van der Waals surface area contributed by atoms with Crippen LogP contribution in [-0.4, -0.2) is 34.6 Å². The van der Waals surface area contributed by atoms with Crippen LogP contribution in [0, 0.1) is 5.82 Å². The molecule has 2 amide bonds. The number of benzene rings is 3. The van der Waals surface area contributed by atoms with Crippen LogP contribution in [0.1, 0.15) is 6.42 Å². The van der Waals surface area contributed by atoms with Crippen molar-refractivity contribution >= 4 is 50.6 Å². The monoisotopic (exact) mass is 525 g/mol. The third-order valence-electron chi connectivity index (χ3n) is 4.77. The van der Waals surface area contributed by atoms with Crippen LogP contribution in [0.2, 0.25) is 10.0 Å². The first-order valence-electron chi connectivity index (χ1n) is 10.1. The van der Waals surface area contributed by atoms with Crippen LogP contribution in [0.5, 0.6) is 5.75 Å². The van der Waals surface area contributed by atoms with Gasteiger partial charge in [0.2, 0.25) is 10.0 Å². The third kappa shape index (κ3) is 6.83. The van der Waals surface area contributed by atoms with Crippen LogP contribution in [0.3, 0.4) is 0 Å². The molecule has 7 nitrogen and oxygen atoms in total. The summed E-state index contributed by atoms with van der Waals surface area (Å²) in [4.78, 5) is 14.5. The van der Waals surface area contributed by atoms with E-state index in [1.54, 1.807) is 36.4 Å². The lowest BCUT2D eigenvalue weighted by Crippen LogP contribution is -2.37. The van der Waals surface area contributed by atoms with Crippen molar-refractivity contribution in [3.8, 4) is 5.75 Å². The van der Waals surface area contributed by atoms with Gasteiger partial charge in [-0.25, -0.2) is 22.3 Å². The molecule has 180 valence electrons. The lowest BCUT2D eigenvalue weighted by atomic mass is 10.2. The van der Waals surface area contributed by atoms with Gasteiger partial charge in [-0.05, 0) is 73.2 Å². The predicted octanol–water partition coefficient (Wildman–Crippen LogP) is 5.55. The van der Waals surface area contributed by atoms with Gasteiger partial charge in [0.1, 0.15) is 11.6 Å². The Balaban J connectivity index is 1.69. The number of rotatable bonds is 9. The zero-order valence-electron chi connectivity index (χ0n) is 18.1. The second kappa shape index (κ2) is 11.5. The van der Waals surface area contributed by atoms with Crippen molar-refractivity contribution in [2.75, 3.05) is 30.4 Å². The average molecular weight is 526 g/mol. The second-order valence-electron chi connectivity index (χ2n) is 7.11. The standard InChI is InChI=1S/C23H22Cl2FN3O4S/c1-33-19-8-6-18(7-9-19)29(23(30)28-17-5-12-21(24)22(25)15-17)14-2-13-27-34(31,32)20-10-3-16(26)4-11-20/h3-12,15,27H,2,13-14H2,1H3,(H,28,30). The minimum absolute atomic E-state index is 0.0433. The van der Waals surface area contributed by atoms with Crippen LogP contribution in [0.15, 0.2) is 71.6 Å². The Bertz CT molecular complexity index is 1240. The average Bonchev–Trinajstić information content (AvgIpc) is 2.82. The van der Waals surface area contributed by atoms with Crippen molar-refractivity contribution in [2.24, 2.45) is 0 Å². The molecule has 3 aromatic carbocycles. The van der Waals surface area contributed by atoms with E-state index in [1.165, 1.54) is 30.2 Å². The van der Waals surface area contributed by atoms with Gasteiger partial charge < -0.3 is 10.1 Å². The van der Waals surface area contributed by atoms with E-state index in [0.717, 1.165) is 12.1 Å². The second-order valence-corrected chi connectivity index (χ2v) is 9.70. The molecule has 3 aromatic rings. The number of urea groups is 1. The molecule has 11 heteroatoms. The zero-order valence-corrected chi connectivity index (χ0v) is 20.4. The molecular weight excluding hydrogens is 504 g/mol. The minimum atomic E-state index is -3.81. The molecule has 0 radical (unpaired) electrons. The highest BCUT2D eigenvalue weighted by atomic mass is 35.5. The molecule has 3 rings (SSSR count). The lowest BCUT2D eigenvalue weighted by molar-refractivity contribution is 0.257. The van der Waals surface area contributed by atoms with Crippen LogP contribution >= 0.6 is 23.2 Å². The summed E-state index contributed by atoms with van der Waals surface area (Å²) in [5.41, 5.74) is 1.04. The molecule has 0 heterocycles. The number of amides is 2. The number of carbonyl (C=O) groups is 1. The van der Waals surface area contributed by atoms with Gasteiger partial charge in [-0.3, -0.25) is 4.90 Å². The highest BCUT2D eigenvalue weighted by molar-refractivity contribution is 7.89. The van der Waals surface area contributed by atoms with Gasteiger partial charge >= 0.3 is 6.03 Å². The number of sulfonamides is 1. The molecule has 0 atom stereocenters. The van der Waals surface area contributed by atoms with Crippen molar-refractivity contribution in [3.05, 3.63) is 82.6 Å². The fourth-order valence-electron chi connectivity index (χ4n) is 3.02. The van der Waals surface area contributed by atoms with E-state index in [9.17, 15) is 17.6 Å². The predicted molar refractivity (Wildman–Crippen MR) is 132 cm³/mol. The Kier molecular flexibility index (Phi) is 8.73. The summed E-state index contributed by atoms with van der Waals surface area (Å²) >= 11 is 12.0. The van der Waals surface area contributed by atoms with Crippen molar-refractivity contribution in [3.63, 3.8) is 0 Å². The van der Waals surface area contributed by atoms with Crippen molar-refractivity contribution in [1.82, 2.24) is 4.72 Å². The molecule has 0 aliphatic carbocycles. The summed E-state index contributed by atoms with van der Waals surface area (Å²) < 4.78 is 45.5. The van der Waals surface area contributed by atoms with Crippen LogP contribution in [-0.2, 0) is 10.0 Å². The van der Waals surface area contributed by atoms with E-state index in [4.69, 9.17) is 27.9 Å². The molecule has 0 saturated heterocycles. The van der Waals surface area contributed by atoms with E-state index >= 15 is 0 Å². The number of hydrogen-bond donors (Lipinski definition) is 2. The van der Waals surface area contributed by atoms with E-state index in [0.29, 0.717) is 33.6 Å². The maximum atomic E-state index is 13.1. The van der Waals surface area contributed by atoms with Crippen molar-refractivity contribution < 1.29 is 22.3 Å². The number of nitrogens with zero attached hydrogens (tertiary/aromatic N) is 1. The lowest BCUT2D eigenvalue weighted by Gasteiger charge is -2.24. The molecular formula is C23H22Cl2FN3O4S. The van der Waals surface area contributed by atoms with Gasteiger partial charge in [-0.1, -0.05) is 23.2 Å². The fraction of sp³-hybridized carbons (Fsp3) is 0.174. The Hall–Kier alpha value is -2.85. The number of halogens is 3. The topological polar surface area (TPSA) is 87.7 Å². The maximum absolute atomic E-state index is 13.1. The van der Waals surface area contributed by atoms with Crippen LogP contribution in [0.25, 0.3) is 0 Å². The van der Waals surface area contributed by atoms with Crippen molar-refractivity contribution in [2.45, 2.75) is 11.3 Å². The molecule has 0 bridgehead atoms. The Morgan fingerprint density at radius 2 is 1.68 bits per heavy atom. The largest absolute Gasteiger partial charge is 0.497 e. The number of anilines is 2. The zero-order chi connectivity index (χ0) is 24.7. The van der Waals surface area contributed by atoms with Crippen LogP contribution < -0.4 is 19.7 Å². The van der Waals surface area contributed by atoms with Gasteiger partial charge in [0.15, 0.2) is 0 Å². The van der Waals surface area contributed by atoms with Gasteiger partial charge in [0, 0.05) is 24.5 Å². The molecule has 0 spiro atoms. The molecule has 0 fully saturated rings. The number of methoxy groups -OCH3 is 1. The maximum Gasteiger partial charge on any atom is 0.326 e. The van der Waals surface area contributed by atoms with Gasteiger partial charge in [0.25, 0.3) is 0 Å². The molecule has 0 aliphatic heterocycles. The number of nitrogens with one attached hydrogen (secondary N) is 2. The SMILES string of the molecule is COc1ccc(N(CCCNS(=O)(=O)c2ccc(F)cc2)C(=O)Nc2ccc(Cl)c(Cl)c2)cc1. The summed E-state index contributed by atoms with van der Waals surface area (Å²) in [6, 6.07) is 15.7. The Labute approximate surface area is 207 Å². The summed E-state index contributed by atoms with van der Waals surface area (Å²) in [7, 11) is -2.27. The van der Waals surface area contributed by atoms with Crippen molar-refractivity contribution in [1.29, 1.82) is 0 Å². The van der Waals surface area contributed by atoms with E-state index in [-0.39, 0.29) is 18.0 Å². The first-order valence-corrected chi connectivity index (χ1v) is 12.4. The Morgan fingerprint density at radius 1 is 1.00 bits per heavy atom. The first-order chi connectivity index (χ1) is 16.2. The van der Waals surface area contributed by atoms with Gasteiger partial charge in [-0.2, -0.15) is 0 Å². The highest BCUT2D eigenvalue weighted by Crippen LogP contribution is 2.26. The summed E-state index contributed by atoms with van der Waals surface area (Å²) in [6.45, 7) is 0.262. The first kappa shape index (κ1) is 25.8. The third-order valence-corrected chi connectivity index (χ3v) is 6.99. The molecule has 34 heavy (non-hydrogen) atoms. The smallest absolute Gasteiger partial charge is 0.326 e. The van der Waals surface area contributed by atoms with Gasteiger partial charge in [-0.15, -0.1) is 0 Å². The summed E-state index contributed by atoms with van der Waals surface area (Å²) in [5, 5.41) is 3.42. The number of hydrogen-bond acceptors (Lipinski definition) is 4. The summed E-state index contributed by atoms with van der Waals surface area (Å²) in [6.07, 6.45) is 0.307. The molecule has 0 saturated carbocycles. The Morgan fingerprint density at radius 3 is 2.29 bits per heavy atom. The molecule has 0 aliphatic rings. The number of ether oxygens (including phenoxy) is 1. The summed E-state index contributed by atoms with van der Waals surface area (Å²) in [5.74, 6) is 0.0997. The number of carbonyl (C=O) groups excluding carboxylic acids is 1. The normalized spacial score (nSPS) is 11.2. The van der Waals surface area contributed by atoms with Crippen LogP contribution in [0.4, 0.5) is 20.6 Å². The van der Waals surface area contributed by atoms with Gasteiger partial charge in [0.05, 0.1) is 22.1 Å². The molecule has 2 N–H and O–H groups in total. The molecule has 0 aromatic heterocycles. The van der Waals surface area contributed by atoms with E-state index in [2.05, 4.69) is 10.0 Å². The van der Waals surface area contributed by atoms with E-state index in [1.807, 2.05) is 0 Å².